The first-order chi connectivity index (χ1) is 13.7. The molecule has 4 rings (SSSR count). The Balaban J connectivity index is 1.74. The second kappa shape index (κ2) is 7.09. The Morgan fingerprint density at radius 3 is 2.79 bits per heavy atom. The van der Waals surface area contributed by atoms with Crippen LogP contribution in [-0.2, 0) is 0 Å². The molecule has 0 aliphatic carbocycles. The first-order valence-corrected chi connectivity index (χ1v) is 9.64. The van der Waals surface area contributed by atoms with E-state index in [0.29, 0.717) is 35.1 Å². The molecule has 0 saturated carbocycles. The third-order valence-electron chi connectivity index (χ3n) is 5.21. The normalized spacial score (nSPS) is 18.0. The number of aliphatic imine (C=N–C) groups is 1. The van der Waals surface area contributed by atoms with E-state index < -0.39 is 11.6 Å². The smallest absolute Gasteiger partial charge is 0.183 e. The van der Waals surface area contributed by atoms with Crippen molar-refractivity contribution in [2.45, 2.75) is 39.7 Å². The van der Waals surface area contributed by atoms with Crippen molar-refractivity contribution >= 4 is 23.0 Å². The molecule has 1 aliphatic heterocycles. The highest BCUT2D eigenvalue weighted by Gasteiger charge is 2.30. The van der Waals surface area contributed by atoms with E-state index in [2.05, 4.69) is 10.1 Å². The molecular formula is C21H24F2N6. The van der Waals surface area contributed by atoms with Crippen LogP contribution in [0.2, 0.25) is 0 Å². The van der Waals surface area contributed by atoms with Crippen molar-refractivity contribution in [2.75, 3.05) is 11.4 Å². The summed E-state index contributed by atoms with van der Waals surface area (Å²) >= 11 is 0. The third-order valence-corrected chi connectivity index (χ3v) is 5.21. The summed E-state index contributed by atoms with van der Waals surface area (Å²) in [6.07, 6.45) is 5.02. The Morgan fingerprint density at radius 2 is 2.03 bits per heavy atom. The highest BCUT2D eigenvalue weighted by Crippen LogP contribution is 2.37. The molecule has 1 aliphatic rings. The average molecular weight is 398 g/mol. The van der Waals surface area contributed by atoms with Crippen LogP contribution in [0, 0.1) is 17.0 Å². The molecule has 0 radical (unpaired) electrons. The van der Waals surface area contributed by atoms with E-state index in [1.807, 2.05) is 31.7 Å². The van der Waals surface area contributed by atoms with Gasteiger partial charge in [-0.3, -0.25) is 0 Å². The number of fused-ring (bicyclic) bond motifs is 1. The molecule has 3 aromatic rings. The summed E-state index contributed by atoms with van der Waals surface area (Å²) in [7, 11) is 0. The van der Waals surface area contributed by atoms with E-state index in [1.54, 1.807) is 16.9 Å². The predicted molar refractivity (Wildman–Crippen MR) is 109 cm³/mol. The molecule has 8 heteroatoms. The third kappa shape index (κ3) is 3.66. The van der Waals surface area contributed by atoms with Crippen molar-refractivity contribution in [3.63, 3.8) is 0 Å². The maximum Gasteiger partial charge on any atom is 0.183 e. The van der Waals surface area contributed by atoms with Crippen LogP contribution in [0.15, 0.2) is 41.7 Å². The van der Waals surface area contributed by atoms with Crippen molar-refractivity contribution in [2.24, 2.45) is 16.1 Å². The molecule has 1 saturated heterocycles. The van der Waals surface area contributed by atoms with Gasteiger partial charge in [0.2, 0.25) is 0 Å². The van der Waals surface area contributed by atoms with Gasteiger partial charge in [-0.25, -0.2) is 23.3 Å². The lowest BCUT2D eigenvalue weighted by atomic mass is 9.95. The number of aromatic nitrogens is 3. The molecule has 0 spiro atoms. The minimum absolute atomic E-state index is 0.268. The number of hydrogen-bond donors (Lipinski definition) is 1. The Bertz CT molecular complexity index is 1080. The summed E-state index contributed by atoms with van der Waals surface area (Å²) in [4.78, 5) is 11.2. The van der Waals surface area contributed by atoms with E-state index in [0.717, 1.165) is 18.9 Å². The van der Waals surface area contributed by atoms with Crippen LogP contribution in [0.25, 0.3) is 5.65 Å². The van der Waals surface area contributed by atoms with Crippen LogP contribution in [0.3, 0.4) is 0 Å². The summed E-state index contributed by atoms with van der Waals surface area (Å²) in [6, 6.07) is 5.15. The van der Waals surface area contributed by atoms with Gasteiger partial charge in [-0.2, -0.15) is 5.10 Å². The lowest BCUT2D eigenvalue weighted by Crippen LogP contribution is -2.28. The number of anilines is 1. The number of hydrogen-bond acceptors (Lipinski definition) is 4. The number of nitrogens with two attached hydrogens (primary N) is 1. The van der Waals surface area contributed by atoms with Gasteiger partial charge >= 0.3 is 0 Å². The molecule has 1 aromatic carbocycles. The predicted octanol–water partition coefficient (Wildman–Crippen LogP) is 4.38. The van der Waals surface area contributed by atoms with E-state index in [-0.39, 0.29) is 11.5 Å². The molecule has 0 amide bonds. The summed E-state index contributed by atoms with van der Waals surface area (Å²) < 4.78 is 29.7. The number of benzene rings is 1. The fourth-order valence-electron chi connectivity index (χ4n) is 3.52. The molecule has 0 bridgehead atoms. The van der Waals surface area contributed by atoms with Gasteiger partial charge in [0, 0.05) is 23.7 Å². The Labute approximate surface area is 168 Å². The van der Waals surface area contributed by atoms with E-state index in [1.165, 1.54) is 12.1 Å². The highest BCUT2D eigenvalue weighted by molar-refractivity contribution is 5.89. The fourth-order valence-corrected chi connectivity index (χ4v) is 3.52. The van der Waals surface area contributed by atoms with Crippen LogP contribution in [0.4, 0.5) is 20.3 Å². The van der Waals surface area contributed by atoms with Gasteiger partial charge in [0.25, 0.3) is 0 Å². The monoisotopic (exact) mass is 398 g/mol. The van der Waals surface area contributed by atoms with Crippen LogP contribution in [0.1, 0.15) is 45.2 Å². The largest absolute Gasteiger partial charge is 0.387 e. The van der Waals surface area contributed by atoms with Crippen LogP contribution in [-0.4, -0.2) is 27.0 Å². The first kappa shape index (κ1) is 19.3. The molecule has 2 aromatic heterocycles. The van der Waals surface area contributed by atoms with Crippen molar-refractivity contribution < 1.29 is 8.78 Å². The van der Waals surface area contributed by atoms with Crippen molar-refractivity contribution in [3.8, 4) is 0 Å². The van der Waals surface area contributed by atoms with E-state index in [4.69, 9.17) is 10.7 Å². The molecule has 6 nitrogen and oxygen atoms in total. The van der Waals surface area contributed by atoms with Gasteiger partial charge in [-0.15, -0.1) is 0 Å². The topological polar surface area (TPSA) is 71.8 Å². The zero-order valence-electron chi connectivity index (χ0n) is 16.7. The number of amidine groups is 1. The quantitative estimate of drug-likeness (QED) is 0.525. The second-order valence-electron chi connectivity index (χ2n) is 8.35. The van der Waals surface area contributed by atoms with Crippen LogP contribution < -0.4 is 10.6 Å². The zero-order valence-corrected chi connectivity index (χ0v) is 16.7. The van der Waals surface area contributed by atoms with Gasteiger partial charge < -0.3 is 10.6 Å². The molecule has 1 fully saturated rings. The number of halogens is 2. The fraction of sp³-hybridized carbons (Fsp3) is 0.381. The maximum absolute atomic E-state index is 14.4. The summed E-state index contributed by atoms with van der Waals surface area (Å²) in [5.74, 6) is 0.314. The molecule has 29 heavy (non-hydrogen) atoms. The number of nitrogens with zero attached hydrogens (tertiary/aromatic N) is 5. The lowest BCUT2D eigenvalue weighted by molar-refractivity contribution is 0.560. The SMILES string of the molecule is CC(C)(C)C(N)=Nc1cnn2ccc(N3CCC[C@@H]3c3cc(F)ccc3F)nc12. The Hall–Kier alpha value is -3.03. The highest BCUT2D eigenvalue weighted by atomic mass is 19.1. The van der Waals surface area contributed by atoms with Crippen molar-refractivity contribution in [3.05, 3.63) is 53.9 Å². The molecular weight excluding hydrogens is 374 g/mol. The Morgan fingerprint density at radius 1 is 1.24 bits per heavy atom. The van der Waals surface area contributed by atoms with E-state index >= 15 is 0 Å². The molecule has 2 N–H and O–H groups in total. The Kier molecular flexibility index (Phi) is 4.72. The summed E-state index contributed by atoms with van der Waals surface area (Å²) in [6.45, 7) is 6.66. The summed E-state index contributed by atoms with van der Waals surface area (Å²) in [5, 5.41) is 4.29. The van der Waals surface area contributed by atoms with Gasteiger partial charge in [0.1, 0.15) is 29.0 Å². The van der Waals surface area contributed by atoms with Gasteiger partial charge in [0.05, 0.1) is 12.2 Å². The van der Waals surface area contributed by atoms with Gasteiger partial charge in [-0.1, -0.05) is 20.8 Å². The average Bonchev–Trinajstić information content (AvgIpc) is 3.30. The minimum atomic E-state index is -0.443. The van der Waals surface area contributed by atoms with Crippen LogP contribution in [0.5, 0.6) is 0 Å². The molecule has 3 heterocycles. The lowest BCUT2D eigenvalue weighted by Gasteiger charge is -2.26. The van der Waals surface area contributed by atoms with Crippen LogP contribution >= 0.6 is 0 Å². The standard InChI is InChI=1S/C21H24F2N6/c1-21(2,3)20(24)26-16-12-25-29-10-8-18(27-19(16)29)28-9-4-5-17(28)14-11-13(22)6-7-15(14)23/h6-8,10-12,17H,4-5,9H2,1-3H3,(H2,24,26)/t17-/m1/s1. The molecule has 152 valence electrons. The maximum atomic E-state index is 14.4. The van der Waals surface area contributed by atoms with E-state index in [9.17, 15) is 8.78 Å². The first-order valence-electron chi connectivity index (χ1n) is 9.64. The zero-order chi connectivity index (χ0) is 20.8. The molecule has 1 atom stereocenters. The summed E-state index contributed by atoms with van der Waals surface area (Å²) in [5.41, 5.74) is 7.34. The number of rotatable bonds is 3. The van der Waals surface area contributed by atoms with Crippen molar-refractivity contribution in [1.82, 2.24) is 14.6 Å². The molecule has 0 unspecified atom stereocenters. The minimum Gasteiger partial charge on any atom is -0.387 e. The van der Waals surface area contributed by atoms with Gasteiger partial charge in [0.15, 0.2) is 5.65 Å². The van der Waals surface area contributed by atoms with Gasteiger partial charge in [-0.05, 0) is 37.1 Å². The second-order valence-corrected chi connectivity index (χ2v) is 8.35. The van der Waals surface area contributed by atoms with Crippen molar-refractivity contribution in [1.29, 1.82) is 0 Å².